The fourth-order valence-corrected chi connectivity index (χ4v) is 2.74. The van der Waals surface area contributed by atoms with E-state index in [4.69, 9.17) is 0 Å². The van der Waals surface area contributed by atoms with Crippen LogP contribution in [0.2, 0.25) is 0 Å². The molecule has 0 amide bonds. The molecule has 0 aliphatic heterocycles. The van der Waals surface area contributed by atoms with Crippen molar-refractivity contribution in [3.63, 3.8) is 0 Å². The topological polar surface area (TPSA) is 77.1 Å². The number of carboxylic acid groups (broad SMARTS) is 1. The third-order valence-corrected chi connectivity index (χ3v) is 3.88. The monoisotopic (exact) mass is 295 g/mol. The molecule has 0 unspecified atom stereocenters. The molecule has 0 saturated carbocycles. The Labute approximate surface area is 120 Å². The first-order chi connectivity index (χ1) is 9.40. The average Bonchev–Trinajstić information content (AvgIpc) is 2.89. The minimum Gasteiger partial charge on any atom is -0.480 e. The summed E-state index contributed by atoms with van der Waals surface area (Å²) in [5.41, 5.74) is 0.487. The van der Waals surface area contributed by atoms with Gasteiger partial charge in [0.05, 0.1) is 17.2 Å². The third kappa shape index (κ3) is 2.82. The van der Waals surface area contributed by atoms with E-state index in [1.165, 1.54) is 26.7 Å². The van der Waals surface area contributed by atoms with Crippen LogP contribution in [0.4, 0.5) is 0 Å². The summed E-state index contributed by atoms with van der Waals surface area (Å²) in [4.78, 5) is 27.9. The number of carboxylic acids is 1. The predicted molar refractivity (Wildman–Crippen MR) is 76.2 cm³/mol. The summed E-state index contributed by atoms with van der Waals surface area (Å²) in [5, 5.41) is 12.1. The zero-order chi connectivity index (χ0) is 14.9. The fraction of sp³-hybridized carbons (Fsp3) is 0.462. The summed E-state index contributed by atoms with van der Waals surface area (Å²) in [6.45, 7) is 5.83. The summed E-state index contributed by atoms with van der Waals surface area (Å²) in [7, 11) is 0. The van der Waals surface area contributed by atoms with Gasteiger partial charge in [0.2, 0.25) is 0 Å². The van der Waals surface area contributed by atoms with E-state index in [2.05, 4.69) is 4.98 Å². The minimum atomic E-state index is -0.996. The number of carbonyl (C=O) groups is 1. The molecular weight excluding hydrogens is 278 g/mol. The highest BCUT2D eigenvalue weighted by molar-refractivity contribution is 7.09. The third-order valence-electron chi connectivity index (χ3n) is 3.06. The number of aliphatic carboxylic acids is 1. The first kappa shape index (κ1) is 14.5. The first-order valence-corrected chi connectivity index (χ1v) is 7.19. The van der Waals surface area contributed by atoms with Gasteiger partial charge in [-0.05, 0) is 12.8 Å². The van der Waals surface area contributed by atoms with Crippen LogP contribution in [0.1, 0.15) is 30.6 Å². The van der Waals surface area contributed by atoms with Crippen LogP contribution in [0.15, 0.2) is 22.6 Å². The highest BCUT2D eigenvalue weighted by Crippen LogP contribution is 2.16. The number of aryl methyl sites for hydroxylation is 1. The quantitative estimate of drug-likeness (QED) is 0.911. The van der Waals surface area contributed by atoms with Crippen LogP contribution in [0.3, 0.4) is 0 Å². The fourth-order valence-electron chi connectivity index (χ4n) is 2.14. The second-order valence-corrected chi connectivity index (χ2v) is 6.06. The lowest BCUT2D eigenvalue weighted by atomic mass is 10.1. The molecule has 2 aromatic heterocycles. The minimum absolute atomic E-state index is 0.164. The van der Waals surface area contributed by atoms with Crippen molar-refractivity contribution >= 4 is 17.3 Å². The number of thiazole rings is 1. The van der Waals surface area contributed by atoms with Gasteiger partial charge in [-0.3, -0.25) is 9.13 Å². The Hall–Kier alpha value is -1.89. The zero-order valence-electron chi connectivity index (χ0n) is 11.6. The molecule has 6 nitrogen and oxygen atoms in total. The van der Waals surface area contributed by atoms with Crippen LogP contribution in [0.25, 0.3) is 0 Å². The molecule has 0 aliphatic carbocycles. The Morgan fingerprint density at radius 1 is 1.45 bits per heavy atom. The summed E-state index contributed by atoms with van der Waals surface area (Å²) >= 11 is 1.53. The van der Waals surface area contributed by atoms with E-state index >= 15 is 0 Å². The molecule has 2 aromatic rings. The molecule has 20 heavy (non-hydrogen) atoms. The molecule has 2 heterocycles. The lowest BCUT2D eigenvalue weighted by Crippen LogP contribution is -2.34. The number of hydrogen-bond donors (Lipinski definition) is 1. The number of aromatic nitrogens is 3. The molecule has 0 spiro atoms. The van der Waals surface area contributed by atoms with Gasteiger partial charge >= 0.3 is 11.7 Å². The Kier molecular flexibility index (Phi) is 4.08. The molecule has 0 fully saturated rings. The molecule has 2 rings (SSSR count). The van der Waals surface area contributed by atoms with Crippen LogP contribution in [0, 0.1) is 12.8 Å². The predicted octanol–water partition coefficient (Wildman–Crippen LogP) is 1.74. The van der Waals surface area contributed by atoms with E-state index in [9.17, 15) is 14.7 Å². The van der Waals surface area contributed by atoms with Crippen LogP contribution >= 0.6 is 11.3 Å². The molecule has 0 saturated heterocycles. The maximum Gasteiger partial charge on any atom is 0.329 e. The van der Waals surface area contributed by atoms with Crippen LogP contribution < -0.4 is 5.69 Å². The maximum atomic E-state index is 12.3. The average molecular weight is 295 g/mol. The molecular formula is C13H17N3O3S. The SMILES string of the molecule is Cc1nc(Cn2ccn([C@H](C(=O)O)C(C)C)c2=O)cs1. The number of imidazole rings is 1. The van der Waals surface area contributed by atoms with Gasteiger partial charge in [-0.2, -0.15) is 0 Å². The highest BCUT2D eigenvalue weighted by atomic mass is 32.1. The second kappa shape index (κ2) is 5.62. The standard InChI is InChI=1S/C13H17N3O3S/c1-8(2)11(12(17)18)16-5-4-15(13(16)19)6-10-7-20-9(3)14-10/h4-5,7-8,11H,6H2,1-3H3,(H,17,18)/t11-/m0/s1. The van der Waals surface area contributed by atoms with E-state index in [1.807, 2.05) is 12.3 Å². The van der Waals surface area contributed by atoms with Gasteiger partial charge in [0.1, 0.15) is 6.04 Å². The van der Waals surface area contributed by atoms with Crippen molar-refractivity contribution in [2.75, 3.05) is 0 Å². The highest BCUT2D eigenvalue weighted by Gasteiger charge is 2.25. The molecule has 1 N–H and O–H groups in total. The van der Waals surface area contributed by atoms with Gasteiger partial charge in [0.25, 0.3) is 0 Å². The smallest absolute Gasteiger partial charge is 0.329 e. The van der Waals surface area contributed by atoms with Crippen LogP contribution in [-0.2, 0) is 11.3 Å². The van der Waals surface area contributed by atoms with Crippen molar-refractivity contribution in [1.29, 1.82) is 0 Å². The summed E-state index contributed by atoms with van der Waals surface area (Å²) in [5.74, 6) is -1.16. The van der Waals surface area contributed by atoms with Gasteiger partial charge < -0.3 is 5.11 Å². The molecule has 0 bridgehead atoms. The lowest BCUT2D eigenvalue weighted by molar-refractivity contribution is -0.142. The van der Waals surface area contributed by atoms with Gasteiger partial charge in [-0.15, -0.1) is 11.3 Å². The number of rotatable bonds is 5. The van der Waals surface area contributed by atoms with Gasteiger partial charge in [0.15, 0.2) is 0 Å². The van der Waals surface area contributed by atoms with Crippen molar-refractivity contribution in [3.05, 3.63) is 39.0 Å². The van der Waals surface area contributed by atoms with Crippen molar-refractivity contribution in [2.45, 2.75) is 33.4 Å². The number of hydrogen-bond acceptors (Lipinski definition) is 4. The Balaban J connectivity index is 2.31. The maximum absolute atomic E-state index is 12.3. The Morgan fingerprint density at radius 3 is 2.65 bits per heavy atom. The van der Waals surface area contributed by atoms with E-state index in [-0.39, 0.29) is 11.6 Å². The van der Waals surface area contributed by atoms with Crippen molar-refractivity contribution in [1.82, 2.24) is 14.1 Å². The Morgan fingerprint density at radius 2 is 2.15 bits per heavy atom. The summed E-state index contributed by atoms with van der Waals surface area (Å²) in [6, 6.07) is -0.846. The zero-order valence-corrected chi connectivity index (χ0v) is 12.4. The van der Waals surface area contributed by atoms with Gasteiger partial charge in [-0.25, -0.2) is 14.6 Å². The number of nitrogens with zero attached hydrogens (tertiary/aromatic N) is 3. The Bertz CT molecular complexity index is 668. The molecule has 1 atom stereocenters. The van der Waals surface area contributed by atoms with Crippen molar-refractivity contribution in [2.24, 2.45) is 5.92 Å². The largest absolute Gasteiger partial charge is 0.480 e. The van der Waals surface area contributed by atoms with E-state index < -0.39 is 12.0 Å². The van der Waals surface area contributed by atoms with Crippen molar-refractivity contribution < 1.29 is 9.90 Å². The second-order valence-electron chi connectivity index (χ2n) is 5.00. The van der Waals surface area contributed by atoms with Gasteiger partial charge in [0, 0.05) is 17.8 Å². The van der Waals surface area contributed by atoms with E-state index in [0.29, 0.717) is 6.54 Å². The van der Waals surface area contributed by atoms with Gasteiger partial charge in [-0.1, -0.05) is 13.8 Å². The van der Waals surface area contributed by atoms with Crippen molar-refractivity contribution in [3.8, 4) is 0 Å². The molecule has 0 aromatic carbocycles. The van der Waals surface area contributed by atoms with E-state index in [0.717, 1.165) is 10.7 Å². The summed E-state index contributed by atoms with van der Waals surface area (Å²) < 4.78 is 2.75. The van der Waals surface area contributed by atoms with Crippen LogP contribution in [0.5, 0.6) is 0 Å². The molecule has 0 aliphatic rings. The normalized spacial score (nSPS) is 12.8. The summed E-state index contributed by atoms with van der Waals surface area (Å²) in [6.07, 6.45) is 3.13. The van der Waals surface area contributed by atoms with E-state index in [1.54, 1.807) is 20.0 Å². The molecule has 108 valence electrons. The first-order valence-electron chi connectivity index (χ1n) is 6.31. The molecule has 0 radical (unpaired) electrons. The molecule has 7 heteroatoms. The van der Waals surface area contributed by atoms with Crippen LogP contribution in [-0.4, -0.2) is 25.2 Å². The lowest BCUT2D eigenvalue weighted by Gasteiger charge is -2.16.